The van der Waals surface area contributed by atoms with E-state index >= 15 is 0 Å². The fourth-order valence-electron chi connectivity index (χ4n) is 3.00. The van der Waals surface area contributed by atoms with E-state index in [1.807, 2.05) is 13.8 Å². The number of amides is 1. The van der Waals surface area contributed by atoms with Crippen molar-refractivity contribution in [2.75, 3.05) is 13.1 Å². The molecule has 24 heavy (non-hydrogen) atoms. The summed E-state index contributed by atoms with van der Waals surface area (Å²) in [6.07, 6.45) is -4.39. The van der Waals surface area contributed by atoms with Gasteiger partial charge in [0.25, 0.3) is 0 Å². The summed E-state index contributed by atoms with van der Waals surface area (Å²) in [5.74, 6) is -2.23. The molecule has 1 heterocycles. The molecule has 136 valence electrons. The van der Waals surface area contributed by atoms with Gasteiger partial charge in [-0.05, 0) is 17.4 Å². The number of carbonyl (C=O) groups excluding carboxylic acids is 1. The third-order valence-electron chi connectivity index (χ3n) is 4.64. The van der Waals surface area contributed by atoms with Crippen molar-refractivity contribution in [3.8, 4) is 0 Å². The first-order chi connectivity index (χ1) is 10.6. The number of rotatable bonds is 3. The van der Waals surface area contributed by atoms with Crippen molar-refractivity contribution in [1.29, 1.82) is 0 Å². The van der Waals surface area contributed by atoms with Crippen LogP contribution in [0.2, 0.25) is 0 Å². The number of nitrogens with two attached hydrogens (primary N) is 1. The van der Waals surface area contributed by atoms with Crippen LogP contribution in [0.15, 0.2) is 30.3 Å². The molecule has 1 aliphatic heterocycles. The van der Waals surface area contributed by atoms with Crippen molar-refractivity contribution in [2.45, 2.75) is 44.8 Å². The van der Waals surface area contributed by atoms with Gasteiger partial charge in [-0.1, -0.05) is 44.2 Å². The summed E-state index contributed by atoms with van der Waals surface area (Å²) in [4.78, 5) is 13.9. The Bertz CT molecular complexity index is 549. The molecule has 1 amide bonds. The molecule has 0 aliphatic carbocycles. The summed E-state index contributed by atoms with van der Waals surface area (Å²) in [5, 5.41) is 0. The minimum atomic E-state index is -4.45. The Balaban J connectivity index is 0.00000288. The van der Waals surface area contributed by atoms with Gasteiger partial charge in [0.05, 0.1) is 5.92 Å². The Hall–Kier alpha value is -1.27. The normalized spacial score (nSPS) is 21.8. The molecular weight excluding hydrogens is 341 g/mol. The predicted molar refractivity (Wildman–Crippen MR) is 90.1 cm³/mol. The van der Waals surface area contributed by atoms with Gasteiger partial charge < -0.3 is 10.6 Å². The van der Waals surface area contributed by atoms with Crippen LogP contribution in [-0.2, 0) is 4.79 Å². The number of alkyl halides is 3. The van der Waals surface area contributed by atoms with Crippen LogP contribution in [0.1, 0.15) is 38.2 Å². The van der Waals surface area contributed by atoms with Gasteiger partial charge in [0.15, 0.2) is 0 Å². The van der Waals surface area contributed by atoms with Crippen molar-refractivity contribution >= 4 is 18.3 Å². The number of halogens is 4. The highest BCUT2D eigenvalue weighted by Gasteiger charge is 2.43. The Morgan fingerprint density at radius 2 is 1.92 bits per heavy atom. The van der Waals surface area contributed by atoms with Crippen molar-refractivity contribution in [1.82, 2.24) is 4.90 Å². The van der Waals surface area contributed by atoms with E-state index in [-0.39, 0.29) is 29.4 Å². The first-order valence-corrected chi connectivity index (χ1v) is 7.76. The van der Waals surface area contributed by atoms with Crippen molar-refractivity contribution in [2.24, 2.45) is 11.1 Å². The van der Waals surface area contributed by atoms with Gasteiger partial charge >= 0.3 is 6.18 Å². The smallest absolute Gasteiger partial charge is 0.342 e. The maximum Gasteiger partial charge on any atom is 0.396 e. The molecule has 0 bridgehead atoms. The molecule has 1 aliphatic rings. The SMILES string of the molecule is CC1(C)CN(C(=O)CC(c2ccccc2)C(F)(F)F)CCC1N.Cl. The lowest BCUT2D eigenvalue weighted by Gasteiger charge is -2.43. The number of likely N-dealkylation sites (tertiary alicyclic amines) is 1. The summed E-state index contributed by atoms with van der Waals surface area (Å²) >= 11 is 0. The van der Waals surface area contributed by atoms with E-state index in [1.54, 1.807) is 18.2 Å². The van der Waals surface area contributed by atoms with Crippen LogP contribution >= 0.6 is 12.4 Å². The van der Waals surface area contributed by atoms with E-state index in [2.05, 4.69) is 0 Å². The number of hydrogen-bond acceptors (Lipinski definition) is 2. The molecule has 2 atom stereocenters. The van der Waals surface area contributed by atoms with Crippen LogP contribution in [0.4, 0.5) is 13.2 Å². The molecule has 2 rings (SSSR count). The highest BCUT2D eigenvalue weighted by Crippen LogP contribution is 2.38. The summed E-state index contributed by atoms with van der Waals surface area (Å²) in [7, 11) is 0. The van der Waals surface area contributed by atoms with Crippen LogP contribution in [-0.4, -0.2) is 36.1 Å². The fraction of sp³-hybridized carbons (Fsp3) is 0.588. The zero-order chi connectivity index (χ0) is 17.3. The molecule has 7 heteroatoms. The standard InChI is InChI=1S/C17H23F3N2O.ClH/c1-16(2)11-22(9-8-14(16)21)15(23)10-13(17(18,19)20)12-6-4-3-5-7-12;/h3-7,13-14H,8-11,21H2,1-2H3;1H. The second-order valence-electron chi connectivity index (χ2n) is 6.91. The first-order valence-electron chi connectivity index (χ1n) is 7.76. The van der Waals surface area contributed by atoms with Crippen LogP contribution in [0, 0.1) is 5.41 Å². The molecule has 2 unspecified atom stereocenters. The number of piperidine rings is 1. The lowest BCUT2D eigenvalue weighted by Crippen LogP contribution is -2.54. The van der Waals surface area contributed by atoms with Crippen LogP contribution in [0.25, 0.3) is 0 Å². The molecule has 0 radical (unpaired) electrons. The van der Waals surface area contributed by atoms with Gasteiger partial charge in [-0.3, -0.25) is 4.79 Å². The topological polar surface area (TPSA) is 46.3 Å². The van der Waals surface area contributed by atoms with Gasteiger partial charge in [-0.25, -0.2) is 0 Å². The minimum absolute atomic E-state index is 0. The van der Waals surface area contributed by atoms with Crippen molar-refractivity contribution < 1.29 is 18.0 Å². The molecule has 3 nitrogen and oxygen atoms in total. The zero-order valence-corrected chi connectivity index (χ0v) is 14.7. The van der Waals surface area contributed by atoms with E-state index in [0.29, 0.717) is 19.5 Å². The summed E-state index contributed by atoms with van der Waals surface area (Å²) < 4.78 is 40.1. The predicted octanol–water partition coefficient (Wildman–Crippen LogP) is 3.73. The van der Waals surface area contributed by atoms with E-state index < -0.39 is 24.4 Å². The average Bonchev–Trinajstić information content (AvgIpc) is 2.47. The second-order valence-corrected chi connectivity index (χ2v) is 6.91. The van der Waals surface area contributed by atoms with Gasteiger partial charge in [0.2, 0.25) is 5.91 Å². The Morgan fingerprint density at radius 1 is 1.33 bits per heavy atom. The van der Waals surface area contributed by atoms with Gasteiger partial charge in [0.1, 0.15) is 0 Å². The van der Waals surface area contributed by atoms with Gasteiger partial charge in [-0.2, -0.15) is 13.2 Å². The number of nitrogens with zero attached hydrogens (tertiary/aromatic N) is 1. The van der Waals surface area contributed by atoms with Crippen molar-refractivity contribution in [3.63, 3.8) is 0 Å². The van der Waals surface area contributed by atoms with E-state index in [9.17, 15) is 18.0 Å². The zero-order valence-electron chi connectivity index (χ0n) is 13.8. The summed E-state index contributed by atoms with van der Waals surface area (Å²) in [6, 6.07) is 7.57. The highest BCUT2D eigenvalue weighted by atomic mass is 35.5. The molecule has 2 N–H and O–H groups in total. The monoisotopic (exact) mass is 364 g/mol. The van der Waals surface area contributed by atoms with Crippen LogP contribution < -0.4 is 5.73 Å². The molecule has 1 fully saturated rings. The Morgan fingerprint density at radius 3 is 2.42 bits per heavy atom. The Labute approximate surface area is 146 Å². The quantitative estimate of drug-likeness (QED) is 0.888. The lowest BCUT2D eigenvalue weighted by molar-refractivity contribution is -0.161. The molecular formula is C17H24ClF3N2O. The van der Waals surface area contributed by atoms with E-state index in [4.69, 9.17) is 5.73 Å². The molecule has 1 aromatic rings. The Kier molecular flexibility index (Phi) is 6.70. The molecule has 0 aromatic heterocycles. The van der Waals surface area contributed by atoms with Crippen LogP contribution in [0.3, 0.4) is 0 Å². The third-order valence-corrected chi connectivity index (χ3v) is 4.64. The molecule has 0 spiro atoms. The van der Waals surface area contributed by atoms with E-state index in [1.165, 1.54) is 17.0 Å². The third kappa shape index (κ3) is 4.86. The largest absolute Gasteiger partial charge is 0.396 e. The van der Waals surface area contributed by atoms with Crippen LogP contribution in [0.5, 0.6) is 0 Å². The summed E-state index contributed by atoms with van der Waals surface area (Å²) in [5.41, 5.74) is 5.86. The van der Waals surface area contributed by atoms with Gasteiger partial charge in [-0.15, -0.1) is 12.4 Å². The number of benzene rings is 1. The second kappa shape index (κ2) is 7.74. The minimum Gasteiger partial charge on any atom is -0.342 e. The highest BCUT2D eigenvalue weighted by molar-refractivity contribution is 5.85. The van der Waals surface area contributed by atoms with Crippen molar-refractivity contribution in [3.05, 3.63) is 35.9 Å². The first kappa shape index (κ1) is 20.8. The maximum atomic E-state index is 13.4. The van der Waals surface area contributed by atoms with E-state index in [0.717, 1.165) is 0 Å². The van der Waals surface area contributed by atoms with Gasteiger partial charge in [0, 0.05) is 25.6 Å². The maximum absolute atomic E-state index is 13.4. The molecule has 1 saturated heterocycles. The molecule has 1 aromatic carbocycles. The number of hydrogen-bond donors (Lipinski definition) is 1. The summed E-state index contributed by atoms with van der Waals surface area (Å²) in [6.45, 7) is 4.69. The number of carbonyl (C=O) groups is 1. The molecule has 0 saturated carbocycles. The lowest BCUT2D eigenvalue weighted by atomic mass is 9.79. The average molecular weight is 365 g/mol. The fourth-order valence-corrected chi connectivity index (χ4v) is 3.00.